The molecule has 0 aliphatic heterocycles. The molecule has 0 saturated heterocycles. The fourth-order valence-electron chi connectivity index (χ4n) is 2.46. The Bertz CT molecular complexity index is 845. The van der Waals surface area contributed by atoms with Crippen molar-refractivity contribution in [3.05, 3.63) is 77.4 Å². The fraction of sp³-hybridized carbons (Fsp3) is 0.250. The number of amides is 1. The minimum atomic E-state index is -0.214. The molecule has 25 heavy (non-hydrogen) atoms. The van der Waals surface area contributed by atoms with Gasteiger partial charge >= 0.3 is 0 Å². The molecule has 0 aliphatic carbocycles. The second-order valence-electron chi connectivity index (χ2n) is 7.10. The molecule has 2 aromatic heterocycles. The quantitative estimate of drug-likeness (QED) is 0.759. The van der Waals surface area contributed by atoms with Crippen LogP contribution in [-0.2, 0) is 11.8 Å². The van der Waals surface area contributed by atoms with Crippen molar-refractivity contribution in [2.24, 2.45) is 0 Å². The van der Waals surface area contributed by atoms with E-state index in [-0.39, 0.29) is 11.3 Å². The van der Waals surface area contributed by atoms with Crippen LogP contribution >= 0.6 is 0 Å². The highest BCUT2D eigenvalue weighted by atomic mass is 16.1. The number of aromatic amines is 1. The van der Waals surface area contributed by atoms with Crippen LogP contribution in [0.1, 0.15) is 48.1 Å². The average Bonchev–Trinajstić information content (AvgIpc) is 3.08. The molecule has 0 saturated carbocycles. The largest absolute Gasteiger partial charge is 0.321 e. The normalized spacial score (nSPS) is 11.3. The van der Waals surface area contributed by atoms with E-state index in [0.717, 1.165) is 17.8 Å². The monoisotopic (exact) mass is 334 g/mol. The molecule has 3 rings (SSSR count). The highest BCUT2D eigenvalue weighted by molar-refractivity contribution is 6.02. The summed E-state index contributed by atoms with van der Waals surface area (Å²) < 4.78 is 0. The number of benzene rings is 1. The average molecular weight is 334 g/mol. The molecular weight excluding hydrogens is 312 g/mol. The zero-order valence-electron chi connectivity index (χ0n) is 14.7. The van der Waals surface area contributed by atoms with Crippen molar-refractivity contribution >= 4 is 11.6 Å². The van der Waals surface area contributed by atoms with Gasteiger partial charge in [0.05, 0.1) is 0 Å². The van der Waals surface area contributed by atoms with Gasteiger partial charge in [0.15, 0.2) is 5.69 Å². The number of H-pyrrole nitrogens is 1. The maximum absolute atomic E-state index is 12.3. The lowest BCUT2D eigenvalue weighted by molar-refractivity contribution is 0.102. The standard InChI is InChI=1S/C20H22N4O/c1-20(2,3)18-13-17(23-24-18)19(25)22-16-6-4-14(5-7-16)12-15-8-10-21-11-9-15/h4-11,13H,12H2,1-3H3,(H,22,25)(H,23,24). The Kier molecular flexibility index (Phi) is 4.65. The van der Waals surface area contributed by atoms with Crippen molar-refractivity contribution in [3.63, 3.8) is 0 Å². The van der Waals surface area contributed by atoms with Gasteiger partial charge < -0.3 is 5.32 Å². The number of nitrogens with one attached hydrogen (secondary N) is 2. The number of carbonyl (C=O) groups is 1. The Labute approximate surface area is 147 Å². The van der Waals surface area contributed by atoms with Crippen LogP contribution in [-0.4, -0.2) is 21.1 Å². The van der Waals surface area contributed by atoms with E-state index >= 15 is 0 Å². The first kappa shape index (κ1) is 16.9. The summed E-state index contributed by atoms with van der Waals surface area (Å²) in [6.07, 6.45) is 4.42. The molecule has 2 heterocycles. The molecule has 0 spiro atoms. The van der Waals surface area contributed by atoms with Gasteiger partial charge in [0, 0.05) is 29.2 Å². The van der Waals surface area contributed by atoms with E-state index in [4.69, 9.17) is 0 Å². The van der Waals surface area contributed by atoms with E-state index in [1.54, 1.807) is 18.5 Å². The molecule has 0 radical (unpaired) electrons. The lowest BCUT2D eigenvalue weighted by atomic mass is 9.92. The van der Waals surface area contributed by atoms with E-state index in [2.05, 4.69) is 41.3 Å². The van der Waals surface area contributed by atoms with Crippen LogP contribution in [0.4, 0.5) is 5.69 Å². The zero-order chi connectivity index (χ0) is 17.9. The van der Waals surface area contributed by atoms with Crippen LogP contribution in [0.2, 0.25) is 0 Å². The Morgan fingerprint density at radius 3 is 2.28 bits per heavy atom. The van der Waals surface area contributed by atoms with Gasteiger partial charge in [-0.3, -0.25) is 14.9 Å². The van der Waals surface area contributed by atoms with Crippen LogP contribution in [0.15, 0.2) is 54.9 Å². The summed E-state index contributed by atoms with van der Waals surface area (Å²) in [5.41, 5.74) is 4.40. The van der Waals surface area contributed by atoms with E-state index in [0.29, 0.717) is 5.69 Å². The number of pyridine rings is 1. The van der Waals surface area contributed by atoms with Crippen LogP contribution in [0, 0.1) is 0 Å². The molecule has 1 aromatic carbocycles. The first-order chi connectivity index (χ1) is 11.9. The van der Waals surface area contributed by atoms with Gasteiger partial charge in [-0.2, -0.15) is 5.10 Å². The molecule has 0 fully saturated rings. The smallest absolute Gasteiger partial charge is 0.276 e. The van der Waals surface area contributed by atoms with Crippen molar-refractivity contribution < 1.29 is 4.79 Å². The molecule has 128 valence electrons. The van der Waals surface area contributed by atoms with E-state index < -0.39 is 0 Å². The SMILES string of the molecule is CC(C)(C)c1cc(C(=O)Nc2ccc(Cc3ccncc3)cc2)n[nH]1. The summed E-state index contributed by atoms with van der Waals surface area (Å²) in [4.78, 5) is 16.4. The van der Waals surface area contributed by atoms with Gasteiger partial charge in [-0.15, -0.1) is 0 Å². The van der Waals surface area contributed by atoms with E-state index in [1.165, 1.54) is 11.1 Å². The third-order valence-corrected chi connectivity index (χ3v) is 3.99. The van der Waals surface area contributed by atoms with Gasteiger partial charge in [-0.25, -0.2) is 0 Å². The van der Waals surface area contributed by atoms with E-state index in [1.807, 2.05) is 36.4 Å². The second-order valence-corrected chi connectivity index (χ2v) is 7.10. The first-order valence-corrected chi connectivity index (χ1v) is 8.27. The molecule has 2 N–H and O–H groups in total. The molecule has 5 heteroatoms. The lowest BCUT2D eigenvalue weighted by Crippen LogP contribution is -2.13. The van der Waals surface area contributed by atoms with Crippen LogP contribution in [0.5, 0.6) is 0 Å². The minimum absolute atomic E-state index is 0.0693. The maximum Gasteiger partial charge on any atom is 0.276 e. The van der Waals surface area contributed by atoms with Crippen molar-refractivity contribution in [2.75, 3.05) is 5.32 Å². The van der Waals surface area contributed by atoms with Crippen molar-refractivity contribution in [1.82, 2.24) is 15.2 Å². The number of hydrogen-bond donors (Lipinski definition) is 2. The Morgan fingerprint density at radius 2 is 1.68 bits per heavy atom. The van der Waals surface area contributed by atoms with Crippen molar-refractivity contribution in [2.45, 2.75) is 32.6 Å². The highest BCUT2D eigenvalue weighted by Crippen LogP contribution is 2.21. The number of carbonyl (C=O) groups excluding carboxylic acids is 1. The molecule has 5 nitrogen and oxygen atoms in total. The molecule has 3 aromatic rings. The zero-order valence-corrected chi connectivity index (χ0v) is 14.7. The first-order valence-electron chi connectivity index (χ1n) is 8.27. The topological polar surface area (TPSA) is 70.7 Å². The number of aromatic nitrogens is 3. The van der Waals surface area contributed by atoms with Gasteiger partial charge in [-0.1, -0.05) is 32.9 Å². The summed E-state index contributed by atoms with van der Waals surface area (Å²) >= 11 is 0. The van der Waals surface area contributed by atoms with Gasteiger partial charge in [0.1, 0.15) is 0 Å². The van der Waals surface area contributed by atoms with Gasteiger partial charge in [-0.05, 0) is 47.9 Å². The highest BCUT2D eigenvalue weighted by Gasteiger charge is 2.19. The Hall–Kier alpha value is -2.95. The predicted octanol–water partition coefficient (Wildman–Crippen LogP) is 3.95. The van der Waals surface area contributed by atoms with Crippen LogP contribution < -0.4 is 5.32 Å². The lowest BCUT2D eigenvalue weighted by Gasteiger charge is -2.14. The van der Waals surface area contributed by atoms with Gasteiger partial charge in [0.25, 0.3) is 5.91 Å². The Morgan fingerprint density at radius 1 is 1.04 bits per heavy atom. The summed E-state index contributed by atoms with van der Waals surface area (Å²) in [6, 6.07) is 13.6. The summed E-state index contributed by atoms with van der Waals surface area (Å²) in [5, 5.41) is 9.92. The van der Waals surface area contributed by atoms with Gasteiger partial charge in [0.2, 0.25) is 0 Å². The number of anilines is 1. The summed E-state index contributed by atoms with van der Waals surface area (Å²) in [7, 11) is 0. The van der Waals surface area contributed by atoms with Crippen LogP contribution in [0.3, 0.4) is 0 Å². The molecule has 1 amide bonds. The summed E-state index contributed by atoms with van der Waals surface area (Å²) in [5.74, 6) is -0.214. The molecule has 0 atom stereocenters. The molecule has 0 aliphatic rings. The number of nitrogens with zero attached hydrogens (tertiary/aromatic N) is 2. The maximum atomic E-state index is 12.3. The molecule has 0 bridgehead atoms. The number of rotatable bonds is 4. The van der Waals surface area contributed by atoms with Crippen molar-refractivity contribution in [3.8, 4) is 0 Å². The number of hydrogen-bond acceptors (Lipinski definition) is 3. The molecular formula is C20H22N4O. The van der Waals surface area contributed by atoms with Crippen LogP contribution in [0.25, 0.3) is 0 Å². The Balaban J connectivity index is 1.65. The second kappa shape index (κ2) is 6.89. The minimum Gasteiger partial charge on any atom is -0.321 e. The fourth-order valence-corrected chi connectivity index (χ4v) is 2.46. The third-order valence-electron chi connectivity index (χ3n) is 3.99. The van der Waals surface area contributed by atoms with Crippen molar-refractivity contribution in [1.29, 1.82) is 0 Å². The van der Waals surface area contributed by atoms with E-state index in [9.17, 15) is 4.79 Å². The summed E-state index contributed by atoms with van der Waals surface area (Å²) in [6.45, 7) is 6.22. The molecule has 0 unspecified atom stereocenters. The third kappa shape index (κ3) is 4.32. The predicted molar refractivity (Wildman–Crippen MR) is 98.7 cm³/mol.